The minimum atomic E-state index is 0.857. The molecule has 1 aliphatic rings. The van der Waals surface area contributed by atoms with Crippen LogP contribution >= 0.6 is 0 Å². The minimum absolute atomic E-state index is 0.857. The zero-order valence-electron chi connectivity index (χ0n) is 24.4. The van der Waals surface area contributed by atoms with Crippen molar-refractivity contribution in [1.82, 2.24) is 0 Å². The fourth-order valence-electron chi connectivity index (χ4n) is 6.71. The summed E-state index contributed by atoms with van der Waals surface area (Å²) in [6.07, 6.45) is 7.48. The molecule has 0 saturated heterocycles. The van der Waals surface area contributed by atoms with E-state index in [1.165, 1.54) is 49.0 Å². The summed E-state index contributed by atoms with van der Waals surface area (Å²) in [5.74, 6) is 0. The lowest BCUT2D eigenvalue weighted by Crippen LogP contribution is -2.18. The van der Waals surface area contributed by atoms with E-state index in [4.69, 9.17) is 6.58 Å². The predicted molar refractivity (Wildman–Crippen MR) is 189 cm³/mol. The smallest absolute Gasteiger partial charge is 0.0496 e. The highest BCUT2D eigenvalue weighted by Gasteiger charge is 2.21. The summed E-state index contributed by atoms with van der Waals surface area (Å²) in [5.41, 5.74) is 9.10. The number of allylic oxidation sites excluding steroid dienone is 4. The molecule has 0 saturated carbocycles. The van der Waals surface area contributed by atoms with Crippen molar-refractivity contribution >= 4 is 49.3 Å². The molecule has 1 heterocycles. The summed E-state index contributed by atoms with van der Waals surface area (Å²) >= 11 is 0. The molecule has 0 N–H and O–H groups in total. The molecule has 0 spiro atoms. The van der Waals surface area contributed by atoms with Crippen LogP contribution in [0.4, 0.5) is 11.4 Å². The Morgan fingerprint density at radius 1 is 0.477 bits per heavy atom. The van der Waals surface area contributed by atoms with Crippen molar-refractivity contribution in [3.63, 3.8) is 0 Å². The van der Waals surface area contributed by atoms with Crippen LogP contribution in [-0.2, 0) is 6.42 Å². The van der Waals surface area contributed by atoms with E-state index >= 15 is 0 Å². The average molecular weight is 562 g/mol. The molecule has 0 atom stereocenters. The number of anilines is 2. The first-order chi connectivity index (χ1) is 21.8. The predicted octanol–water partition coefficient (Wildman–Crippen LogP) is 11.7. The van der Waals surface area contributed by atoms with Crippen LogP contribution in [0.15, 0.2) is 176 Å². The fraction of sp³-hybridized carbons (Fsp3) is 0.0233. The largest absolute Gasteiger partial charge is 0.310 e. The van der Waals surface area contributed by atoms with Gasteiger partial charge in [0.05, 0.1) is 0 Å². The zero-order chi connectivity index (χ0) is 29.5. The van der Waals surface area contributed by atoms with Crippen molar-refractivity contribution in [1.29, 1.82) is 0 Å². The molecule has 0 fully saturated rings. The molecule has 1 nitrogen and oxygen atoms in total. The Morgan fingerprint density at radius 2 is 1.07 bits per heavy atom. The number of rotatable bonds is 3. The standard InChI is InChI=1S/C43H31N/c1-30-36(20-7-5-14-31-15-6-12-25-43(31)44(30)35-18-3-2-4-19-35)34-17-13-16-32(28-34)33-26-27-41-39-23-9-8-21-37(39)38-22-10-11-24-40(38)42(41)29-33/h2-13,15-29H,1,14H2/b7-5-,36-20+. The van der Waals surface area contributed by atoms with E-state index in [0.717, 1.165) is 34.6 Å². The summed E-state index contributed by atoms with van der Waals surface area (Å²) in [6.45, 7) is 4.70. The second-order valence-electron chi connectivity index (χ2n) is 11.4. The van der Waals surface area contributed by atoms with E-state index in [1.807, 2.05) is 0 Å². The van der Waals surface area contributed by atoms with E-state index in [1.54, 1.807) is 0 Å². The first kappa shape index (κ1) is 26.0. The van der Waals surface area contributed by atoms with Crippen LogP contribution in [0, 0.1) is 0 Å². The number of hydrogen-bond acceptors (Lipinski definition) is 1. The Morgan fingerprint density at radius 3 is 1.82 bits per heavy atom. The molecule has 1 aliphatic heterocycles. The van der Waals surface area contributed by atoms with Gasteiger partial charge in [-0.05, 0) is 91.3 Å². The van der Waals surface area contributed by atoms with Crippen molar-refractivity contribution in [2.24, 2.45) is 0 Å². The maximum Gasteiger partial charge on any atom is 0.0496 e. The normalized spacial score (nSPS) is 15.3. The van der Waals surface area contributed by atoms with E-state index in [-0.39, 0.29) is 0 Å². The summed E-state index contributed by atoms with van der Waals surface area (Å²) < 4.78 is 0. The van der Waals surface area contributed by atoms with Crippen molar-refractivity contribution in [2.75, 3.05) is 4.90 Å². The molecule has 44 heavy (non-hydrogen) atoms. The number of benzene rings is 7. The fourth-order valence-corrected chi connectivity index (χ4v) is 6.71. The molecule has 7 aromatic carbocycles. The second kappa shape index (κ2) is 10.9. The van der Waals surface area contributed by atoms with Crippen LogP contribution < -0.4 is 4.90 Å². The van der Waals surface area contributed by atoms with Gasteiger partial charge in [0.2, 0.25) is 0 Å². The molecule has 1 heteroatoms. The molecule has 8 rings (SSSR count). The molecule has 7 aromatic rings. The molecule has 0 unspecified atom stereocenters. The topological polar surface area (TPSA) is 3.24 Å². The van der Waals surface area contributed by atoms with Gasteiger partial charge >= 0.3 is 0 Å². The Balaban J connectivity index is 1.27. The number of para-hydroxylation sites is 2. The maximum atomic E-state index is 4.70. The Kier molecular flexibility index (Phi) is 6.43. The molecule has 0 aromatic heterocycles. The highest BCUT2D eigenvalue weighted by Crippen LogP contribution is 2.40. The van der Waals surface area contributed by atoms with Crippen molar-refractivity contribution in [3.05, 3.63) is 187 Å². The summed E-state index contributed by atoms with van der Waals surface area (Å²) in [7, 11) is 0. The van der Waals surface area contributed by atoms with Crippen LogP contribution in [0.5, 0.6) is 0 Å². The van der Waals surface area contributed by atoms with Gasteiger partial charge in [-0.15, -0.1) is 0 Å². The quantitative estimate of drug-likeness (QED) is 0.194. The van der Waals surface area contributed by atoms with Gasteiger partial charge in [-0.2, -0.15) is 0 Å². The third kappa shape index (κ3) is 4.42. The zero-order valence-corrected chi connectivity index (χ0v) is 24.4. The molecule has 0 amide bonds. The van der Waals surface area contributed by atoms with Crippen LogP contribution in [0.25, 0.3) is 49.0 Å². The van der Waals surface area contributed by atoms with Crippen LogP contribution in [0.3, 0.4) is 0 Å². The highest BCUT2D eigenvalue weighted by molar-refractivity contribution is 6.25. The lowest BCUT2D eigenvalue weighted by atomic mass is 9.91. The molecule has 0 aliphatic carbocycles. The van der Waals surface area contributed by atoms with Gasteiger partial charge in [-0.1, -0.05) is 140 Å². The second-order valence-corrected chi connectivity index (χ2v) is 11.4. The van der Waals surface area contributed by atoms with E-state index in [9.17, 15) is 0 Å². The first-order valence-corrected chi connectivity index (χ1v) is 15.2. The van der Waals surface area contributed by atoms with Crippen LogP contribution in [0.1, 0.15) is 11.1 Å². The number of hydrogen-bond donors (Lipinski definition) is 0. The van der Waals surface area contributed by atoms with Gasteiger partial charge in [-0.3, -0.25) is 0 Å². The summed E-state index contributed by atoms with van der Waals surface area (Å²) in [6, 6.07) is 52.5. The van der Waals surface area contributed by atoms with E-state index in [2.05, 4.69) is 169 Å². The van der Waals surface area contributed by atoms with Crippen LogP contribution in [0.2, 0.25) is 0 Å². The monoisotopic (exact) mass is 561 g/mol. The van der Waals surface area contributed by atoms with Gasteiger partial charge < -0.3 is 4.90 Å². The van der Waals surface area contributed by atoms with Gasteiger partial charge in [-0.25, -0.2) is 0 Å². The van der Waals surface area contributed by atoms with Crippen LogP contribution in [-0.4, -0.2) is 0 Å². The Hall–Kier alpha value is -5.66. The minimum Gasteiger partial charge on any atom is -0.310 e. The van der Waals surface area contributed by atoms with E-state index in [0.29, 0.717) is 0 Å². The summed E-state index contributed by atoms with van der Waals surface area (Å²) in [4.78, 5) is 2.30. The third-order valence-electron chi connectivity index (χ3n) is 8.82. The molecule has 0 radical (unpaired) electrons. The Labute approximate surface area is 258 Å². The Bertz CT molecular complexity index is 2230. The van der Waals surface area contributed by atoms with Gasteiger partial charge in [0.1, 0.15) is 0 Å². The number of fused-ring (bicyclic) bond motifs is 7. The van der Waals surface area contributed by atoms with Gasteiger partial charge in [0.15, 0.2) is 0 Å². The van der Waals surface area contributed by atoms with Crippen molar-refractivity contribution in [2.45, 2.75) is 6.42 Å². The molecular weight excluding hydrogens is 530 g/mol. The third-order valence-corrected chi connectivity index (χ3v) is 8.82. The lowest BCUT2D eigenvalue weighted by molar-refractivity contribution is 1.17. The molecular formula is C43H31N. The van der Waals surface area contributed by atoms with Crippen molar-refractivity contribution < 1.29 is 0 Å². The van der Waals surface area contributed by atoms with Gasteiger partial charge in [0, 0.05) is 22.6 Å². The van der Waals surface area contributed by atoms with Gasteiger partial charge in [0.25, 0.3) is 0 Å². The average Bonchev–Trinajstić information content (AvgIpc) is 3.16. The molecule has 208 valence electrons. The number of nitrogens with zero attached hydrogens (tertiary/aromatic N) is 1. The van der Waals surface area contributed by atoms with Crippen molar-refractivity contribution in [3.8, 4) is 11.1 Å². The first-order valence-electron chi connectivity index (χ1n) is 15.2. The SMILES string of the molecule is C=C1/C(c2cccc(-c3ccc4c5ccccc5c5ccccc5c4c3)c2)=C\C=C/Cc2ccccc2N1c1ccccc1. The highest BCUT2D eigenvalue weighted by atomic mass is 15.2. The summed E-state index contributed by atoms with van der Waals surface area (Å²) in [5, 5.41) is 7.74. The maximum absolute atomic E-state index is 4.70. The van der Waals surface area contributed by atoms with E-state index < -0.39 is 0 Å². The lowest BCUT2D eigenvalue weighted by Gasteiger charge is -2.30. The molecule has 0 bridgehead atoms.